The van der Waals surface area contributed by atoms with Crippen LogP contribution in [0.2, 0.25) is 0 Å². The minimum atomic E-state index is -0.00301. The Morgan fingerprint density at radius 1 is 0.568 bits per heavy atom. The molecule has 0 atom stereocenters. The highest BCUT2D eigenvalue weighted by Crippen LogP contribution is 2.39. The van der Waals surface area contributed by atoms with E-state index in [9.17, 15) is 0 Å². The van der Waals surface area contributed by atoms with Gasteiger partial charge in [-0.25, -0.2) is 9.13 Å². The first kappa shape index (κ1) is 31.2. The normalized spacial score (nSPS) is 12.0. The molecule has 0 amide bonds. The number of aromatic nitrogens is 2. The van der Waals surface area contributed by atoms with E-state index in [0.29, 0.717) is 0 Å². The standard InChI is InChI=1S/C41H49N3/c1-11-30-19-13-15-21-35(30)37-23-17-25-39(43(37)10)44(33-27-31(40(3,4)5)26-32(28-33)41(6,7)8)38-24-16-22-36(42(38)9)34-20-14-12-18-29(34)2/h12-28H,11H2,1-10H3/q+2. The molecule has 5 rings (SSSR count). The second-order valence-corrected chi connectivity index (χ2v) is 14.1. The van der Waals surface area contributed by atoms with Crippen LogP contribution >= 0.6 is 0 Å². The minimum absolute atomic E-state index is 0.00301. The molecule has 3 nitrogen and oxygen atoms in total. The molecular formula is C41H49N3+2. The van der Waals surface area contributed by atoms with Crippen LogP contribution in [0.3, 0.4) is 0 Å². The quantitative estimate of drug-likeness (QED) is 0.181. The van der Waals surface area contributed by atoms with Crippen LogP contribution in [0.4, 0.5) is 17.3 Å². The summed E-state index contributed by atoms with van der Waals surface area (Å²) in [5.41, 5.74) is 11.3. The monoisotopic (exact) mass is 583 g/mol. The first-order valence-corrected chi connectivity index (χ1v) is 15.9. The third kappa shape index (κ3) is 6.06. The number of rotatable bonds is 6. The van der Waals surface area contributed by atoms with Crippen molar-refractivity contribution in [1.82, 2.24) is 0 Å². The Labute approximate surface area is 265 Å². The van der Waals surface area contributed by atoms with Crippen molar-refractivity contribution < 1.29 is 9.13 Å². The van der Waals surface area contributed by atoms with E-state index in [0.717, 1.165) is 23.7 Å². The van der Waals surface area contributed by atoms with E-state index in [4.69, 9.17) is 0 Å². The van der Waals surface area contributed by atoms with E-state index in [1.165, 1.54) is 44.8 Å². The lowest BCUT2D eigenvalue weighted by molar-refractivity contribution is -0.656. The largest absolute Gasteiger partial charge is 0.290 e. The number of hydrogen-bond donors (Lipinski definition) is 0. The third-order valence-corrected chi connectivity index (χ3v) is 8.87. The van der Waals surface area contributed by atoms with Crippen LogP contribution in [0.5, 0.6) is 0 Å². The van der Waals surface area contributed by atoms with Gasteiger partial charge in [0.15, 0.2) is 0 Å². The molecule has 3 aromatic carbocycles. The molecule has 0 aliphatic carbocycles. The van der Waals surface area contributed by atoms with Gasteiger partial charge in [0.1, 0.15) is 17.1 Å². The van der Waals surface area contributed by atoms with E-state index in [2.05, 4.69) is 187 Å². The molecule has 0 bridgehead atoms. The summed E-state index contributed by atoms with van der Waals surface area (Å²) in [6.45, 7) is 18.3. The van der Waals surface area contributed by atoms with Gasteiger partial charge in [-0.15, -0.1) is 0 Å². The van der Waals surface area contributed by atoms with Crippen LogP contribution in [-0.4, -0.2) is 0 Å². The molecule has 2 aromatic heterocycles. The minimum Gasteiger partial charge on any atom is -0.229 e. The number of hydrogen-bond acceptors (Lipinski definition) is 1. The molecule has 2 heterocycles. The molecule has 5 aromatic rings. The Kier molecular flexibility index (Phi) is 8.53. The zero-order valence-corrected chi connectivity index (χ0v) is 28.4. The number of benzene rings is 3. The topological polar surface area (TPSA) is 11.0 Å². The highest BCUT2D eigenvalue weighted by molar-refractivity contribution is 5.73. The first-order chi connectivity index (χ1) is 20.8. The highest BCUT2D eigenvalue weighted by Gasteiger charge is 2.33. The highest BCUT2D eigenvalue weighted by atomic mass is 15.3. The molecule has 0 spiro atoms. The average molecular weight is 584 g/mol. The van der Waals surface area contributed by atoms with Crippen molar-refractivity contribution >= 4 is 17.3 Å². The maximum Gasteiger partial charge on any atom is 0.290 e. The maximum absolute atomic E-state index is 2.45. The van der Waals surface area contributed by atoms with Crippen LogP contribution in [0.15, 0.2) is 103 Å². The predicted molar refractivity (Wildman–Crippen MR) is 186 cm³/mol. The summed E-state index contributed by atoms with van der Waals surface area (Å²) in [6, 6.07) is 38.0. The Bertz CT molecular complexity index is 1770. The van der Waals surface area contributed by atoms with Gasteiger partial charge < -0.3 is 0 Å². The molecule has 0 radical (unpaired) electrons. The maximum atomic E-state index is 2.45. The van der Waals surface area contributed by atoms with E-state index in [1.54, 1.807) is 0 Å². The van der Waals surface area contributed by atoms with Crippen LogP contribution in [0, 0.1) is 6.92 Å². The second-order valence-electron chi connectivity index (χ2n) is 14.1. The molecule has 0 aliphatic heterocycles. The van der Waals surface area contributed by atoms with Gasteiger partial charge >= 0.3 is 0 Å². The zero-order chi connectivity index (χ0) is 31.8. The summed E-state index contributed by atoms with van der Waals surface area (Å²) in [7, 11) is 4.40. The van der Waals surface area contributed by atoms with Crippen LogP contribution in [-0.2, 0) is 31.3 Å². The number of pyridine rings is 2. The number of nitrogens with zero attached hydrogens (tertiary/aromatic N) is 3. The van der Waals surface area contributed by atoms with E-state index >= 15 is 0 Å². The molecule has 0 aliphatic rings. The van der Waals surface area contributed by atoms with Gasteiger partial charge in [0.05, 0.1) is 14.1 Å². The zero-order valence-electron chi connectivity index (χ0n) is 28.4. The lowest BCUT2D eigenvalue weighted by Gasteiger charge is -2.28. The smallest absolute Gasteiger partial charge is 0.229 e. The van der Waals surface area contributed by atoms with E-state index < -0.39 is 0 Å². The Morgan fingerprint density at radius 2 is 1.05 bits per heavy atom. The van der Waals surface area contributed by atoms with Crippen molar-refractivity contribution in [2.45, 2.75) is 72.6 Å². The van der Waals surface area contributed by atoms with Crippen molar-refractivity contribution in [3.63, 3.8) is 0 Å². The molecule has 0 saturated heterocycles. The van der Waals surface area contributed by atoms with Crippen molar-refractivity contribution in [3.05, 3.63) is 125 Å². The molecular weight excluding hydrogens is 534 g/mol. The lowest BCUT2D eigenvalue weighted by atomic mass is 9.80. The van der Waals surface area contributed by atoms with Gasteiger partial charge in [-0.2, -0.15) is 4.90 Å². The Balaban J connectivity index is 1.85. The third-order valence-electron chi connectivity index (χ3n) is 8.87. The van der Waals surface area contributed by atoms with Crippen LogP contribution < -0.4 is 14.0 Å². The number of anilines is 3. The van der Waals surface area contributed by atoms with Gasteiger partial charge in [0, 0.05) is 23.3 Å². The Morgan fingerprint density at radius 3 is 1.55 bits per heavy atom. The fraction of sp³-hybridized carbons (Fsp3) is 0.317. The summed E-state index contributed by atoms with van der Waals surface area (Å²) in [5, 5.41) is 0. The van der Waals surface area contributed by atoms with Crippen molar-refractivity contribution in [2.24, 2.45) is 14.1 Å². The van der Waals surface area contributed by atoms with Gasteiger partial charge in [-0.05, 0) is 82.8 Å². The van der Waals surface area contributed by atoms with Gasteiger partial charge in [-0.1, -0.05) is 103 Å². The predicted octanol–water partition coefficient (Wildman–Crippen LogP) is 9.61. The summed E-state index contributed by atoms with van der Waals surface area (Å²) in [4.78, 5) is 2.45. The SMILES string of the molecule is CCc1ccccc1-c1cccc(N(c2cc(C(C)(C)C)cc(C(C)(C)C)c2)c2cccc(-c3ccccc3C)[n+]2C)[n+]1C. The molecule has 0 saturated carbocycles. The lowest BCUT2D eigenvalue weighted by Crippen LogP contribution is -2.43. The molecule has 0 unspecified atom stereocenters. The van der Waals surface area contributed by atoms with Gasteiger partial charge in [-0.3, -0.25) is 0 Å². The first-order valence-electron chi connectivity index (χ1n) is 15.9. The van der Waals surface area contributed by atoms with Gasteiger partial charge in [0.25, 0.3) is 11.6 Å². The van der Waals surface area contributed by atoms with E-state index in [-0.39, 0.29) is 10.8 Å². The molecule has 226 valence electrons. The molecule has 44 heavy (non-hydrogen) atoms. The molecule has 3 heteroatoms. The summed E-state index contributed by atoms with van der Waals surface area (Å²) in [6.07, 6.45) is 0.986. The molecule has 0 N–H and O–H groups in total. The second kappa shape index (κ2) is 12.0. The Hall–Kier alpha value is -4.24. The van der Waals surface area contributed by atoms with Crippen LogP contribution in [0.25, 0.3) is 22.5 Å². The fourth-order valence-electron chi connectivity index (χ4n) is 6.06. The average Bonchev–Trinajstić information content (AvgIpc) is 2.98. The summed E-state index contributed by atoms with van der Waals surface area (Å²) < 4.78 is 4.70. The van der Waals surface area contributed by atoms with Crippen LogP contribution in [0.1, 0.15) is 70.7 Å². The van der Waals surface area contributed by atoms with Crippen molar-refractivity contribution in [2.75, 3.05) is 4.90 Å². The molecule has 0 fully saturated rings. The van der Waals surface area contributed by atoms with E-state index in [1.807, 2.05) is 0 Å². The summed E-state index contributed by atoms with van der Waals surface area (Å²) >= 11 is 0. The fourth-order valence-corrected chi connectivity index (χ4v) is 6.06. The van der Waals surface area contributed by atoms with Crippen molar-refractivity contribution in [3.8, 4) is 22.5 Å². The van der Waals surface area contributed by atoms with Crippen molar-refractivity contribution in [1.29, 1.82) is 0 Å². The summed E-state index contributed by atoms with van der Waals surface area (Å²) in [5.74, 6) is 2.21. The number of aryl methyl sites for hydroxylation is 2. The van der Waals surface area contributed by atoms with Gasteiger partial charge in [0.2, 0.25) is 0 Å².